The molecule has 0 spiro atoms. The number of nitrogens with zero attached hydrogens (tertiary/aromatic N) is 1. The molecule has 6 heteroatoms. The molecule has 6 nitrogen and oxygen atoms in total. The van der Waals surface area contributed by atoms with Crippen LogP contribution in [0.15, 0.2) is 24.3 Å². The van der Waals surface area contributed by atoms with Crippen LogP contribution in [-0.2, 0) is 4.79 Å². The third-order valence-corrected chi connectivity index (χ3v) is 2.81. The third kappa shape index (κ3) is 1.86. The van der Waals surface area contributed by atoms with Crippen LogP contribution >= 0.6 is 0 Å². The highest BCUT2D eigenvalue weighted by Crippen LogP contribution is 2.25. The van der Waals surface area contributed by atoms with Crippen molar-refractivity contribution in [2.45, 2.75) is 12.5 Å². The Morgan fingerprint density at radius 3 is 2.06 bits per heavy atom. The van der Waals surface area contributed by atoms with Crippen LogP contribution in [0.25, 0.3) is 0 Å². The van der Waals surface area contributed by atoms with Gasteiger partial charge in [0.2, 0.25) is 0 Å². The number of fused-ring (bicyclic) bond motifs is 1. The summed E-state index contributed by atoms with van der Waals surface area (Å²) in [5.74, 6) is -2.29. The van der Waals surface area contributed by atoms with E-state index in [1.54, 1.807) is 12.1 Å². The summed E-state index contributed by atoms with van der Waals surface area (Å²) in [4.78, 5) is 35.4. The van der Waals surface area contributed by atoms with E-state index in [0.717, 1.165) is 4.90 Å². The number of imide groups is 1. The Morgan fingerprint density at radius 1 is 1.17 bits per heavy atom. The summed E-state index contributed by atoms with van der Waals surface area (Å²) in [7, 11) is 0. The Morgan fingerprint density at radius 2 is 1.67 bits per heavy atom. The topological polar surface area (TPSA) is 94.9 Å². The highest BCUT2D eigenvalue weighted by molar-refractivity contribution is 6.21. The number of hydrogen-bond donors (Lipinski definition) is 2. The molecule has 0 radical (unpaired) electrons. The van der Waals surface area contributed by atoms with Crippen molar-refractivity contribution in [3.8, 4) is 0 Å². The Hall–Kier alpha value is -2.21. The fourth-order valence-electron chi connectivity index (χ4n) is 1.98. The monoisotopic (exact) mass is 249 g/mol. The summed E-state index contributed by atoms with van der Waals surface area (Å²) in [5, 5.41) is 17.8. The molecule has 2 N–H and O–H groups in total. The Labute approximate surface area is 102 Å². The largest absolute Gasteiger partial charge is 0.481 e. The van der Waals surface area contributed by atoms with Gasteiger partial charge in [0.15, 0.2) is 0 Å². The summed E-state index contributed by atoms with van der Waals surface area (Å²) in [6, 6.07) is 5.22. The molecule has 1 aromatic carbocycles. The predicted octanol–water partition coefficient (Wildman–Crippen LogP) is 0.118. The van der Waals surface area contributed by atoms with E-state index in [1.165, 1.54) is 12.1 Å². The quantitative estimate of drug-likeness (QED) is 0.739. The number of aliphatic hydroxyl groups is 1. The number of rotatable bonds is 4. The van der Waals surface area contributed by atoms with Crippen molar-refractivity contribution in [3.05, 3.63) is 35.4 Å². The van der Waals surface area contributed by atoms with Crippen molar-refractivity contribution in [2.75, 3.05) is 6.61 Å². The predicted molar refractivity (Wildman–Crippen MR) is 60.1 cm³/mol. The number of carbonyl (C=O) groups excluding carboxylic acids is 2. The molecule has 0 aliphatic carbocycles. The van der Waals surface area contributed by atoms with E-state index in [2.05, 4.69) is 0 Å². The number of aliphatic hydroxyl groups excluding tert-OH is 1. The lowest BCUT2D eigenvalue weighted by Gasteiger charge is -2.22. The maximum Gasteiger partial charge on any atom is 0.305 e. The molecule has 1 aromatic rings. The van der Waals surface area contributed by atoms with Crippen LogP contribution < -0.4 is 0 Å². The molecule has 0 fully saturated rings. The SMILES string of the molecule is O=C(O)CC(CO)N1C(=O)c2ccccc2C1=O. The molecular weight excluding hydrogens is 238 g/mol. The second-order valence-electron chi connectivity index (χ2n) is 3.96. The van der Waals surface area contributed by atoms with E-state index >= 15 is 0 Å². The van der Waals surface area contributed by atoms with Crippen molar-refractivity contribution in [1.82, 2.24) is 4.90 Å². The molecule has 2 amide bonds. The lowest BCUT2D eigenvalue weighted by Crippen LogP contribution is -2.43. The molecule has 2 rings (SSSR count). The standard InChI is InChI=1S/C12H11NO5/c14-6-7(5-10(15)16)13-11(17)8-3-1-2-4-9(8)12(13)18/h1-4,7,14H,5-6H2,(H,15,16). The van der Waals surface area contributed by atoms with Crippen LogP contribution in [0.3, 0.4) is 0 Å². The van der Waals surface area contributed by atoms with Crippen LogP contribution in [0.5, 0.6) is 0 Å². The zero-order valence-corrected chi connectivity index (χ0v) is 9.37. The van der Waals surface area contributed by atoms with Crippen molar-refractivity contribution >= 4 is 17.8 Å². The van der Waals surface area contributed by atoms with Gasteiger partial charge in [-0.3, -0.25) is 19.3 Å². The summed E-state index contributed by atoms with van der Waals surface area (Å²) in [6.45, 7) is -0.572. The number of carboxylic acid groups (broad SMARTS) is 1. The number of carboxylic acids is 1. The zero-order valence-electron chi connectivity index (χ0n) is 9.37. The van der Waals surface area contributed by atoms with Gasteiger partial charge in [-0.15, -0.1) is 0 Å². The summed E-state index contributed by atoms with van der Waals surface area (Å²) in [5.41, 5.74) is 0.484. The average Bonchev–Trinajstić information content (AvgIpc) is 2.60. The van der Waals surface area contributed by atoms with E-state index in [0.29, 0.717) is 0 Å². The highest BCUT2D eigenvalue weighted by atomic mass is 16.4. The molecular formula is C12H11NO5. The van der Waals surface area contributed by atoms with Gasteiger partial charge in [0.05, 0.1) is 30.2 Å². The maximum atomic E-state index is 12.0. The Balaban J connectivity index is 2.35. The minimum absolute atomic E-state index is 0.242. The van der Waals surface area contributed by atoms with Gasteiger partial charge in [-0.25, -0.2) is 0 Å². The van der Waals surface area contributed by atoms with Crippen LogP contribution in [0.1, 0.15) is 27.1 Å². The van der Waals surface area contributed by atoms with Gasteiger partial charge in [0.1, 0.15) is 0 Å². The van der Waals surface area contributed by atoms with Crippen molar-refractivity contribution in [2.24, 2.45) is 0 Å². The molecule has 1 heterocycles. The smallest absolute Gasteiger partial charge is 0.305 e. The average molecular weight is 249 g/mol. The van der Waals surface area contributed by atoms with Crippen LogP contribution in [0.2, 0.25) is 0 Å². The van der Waals surface area contributed by atoms with Gasteiger partial charge < -0.3 is 10.2 Å². The van der Waals surface area contributed by atoms with E-state index in [1.807, 2.05) is 0 Å². The molecule has 1 aliphatic heterocycles. The molecule has 18 heavy (non-hydrogen) atoms. The molecule has 0 saturated carbocycles. The first-order valence-corrected chi connectivity index (χ1v) is 5.36. The lowest BCUT2D eigenvalue weighted by molar-refractivity contribution is -0.138. The maximum absolute atomic E-state index is 12.0. The van der Waals surface area contributed by atoms with Crippen LogP contribution in [-0.4, -0.2) is 45.5 Å². The first-order chi connectivity index (χ1) is 8.56. The molecule has 1 atom stereocenters. The number of aliphatic carboxylic acids is 1. The highest BCUT2D eigenvalue weighted by Gasteiger charge is 2.40. The van der Waals surface area contributed by atoms with Gasteiger partial charge in [-0.2, -0.15) is 0 Å². The molecule has 1 aliphatic rings. The second-order valence-corrected chi connectivity index (χ2v) is 3.96. The van der Waals surface area contributed by atoms with Gasteiger partial charge in [0, 0.05) is 0 Å². The minimum Gasteiger partial charge on any atom is -0.481 e. The molecule has 0 bridgehead atoms. The molecule has 0 aromatic heterocycles. The summed E-state index contributed by atoms with van der Waals surface area (Å²) < 4.78 is 0. The minimum atomic E-state index is -1.18. The fourth-order valence-corrected chi connectivity index (χ4v) is 1.98. The van der Waals surface area contributed by atoms with Crippen molar-refractivity contribution in [3.63, 3.8) is 0 Å². The molecule has 0 saturated heterocycles. The summed E-state index contributed by atoms with van der Waals surface area (Å²) >= 11 is 0. The first kappa shape index (κ1) is 12.3. The van der Waals surface area contributed by atoms with Gasteiger partial charge in [-0.1, -0.05) is 12.1 Å². The number of benzene rings is 1. The normalized spacial score (nSPS) is 15.7. The molecule has 94 valence electrons. The van der Waals surface area contributed by atoms with E-state index in [4.69, 9.17) is 10.2 Å². The van der Waals surface area contributed by atoms with Gasteiger partial charge in [0.25, 0.3) is 11.8 Å². The number of carbonyl (C=O) groups is 3. The van der Waals surface area contributed by atoms with Crippen molar-refractivity contribution in [1.29, 1.82) is 0 Å². The first-order valence-electron chi connectivity index (χ1n) is 5.36. The van der Waals surface area contributed by atoms with Crippen LogP contribution in [0.4, 0.5) is 0 Å². The number of hydrogen-bond acceptors (Lipinski definition) is 4. The lowest BCUT2D eigenvalue weighted by atomic mass is 10.1. The fraction of sp³-hybridized carbons (Fsp3) is 0.250. The third-order valence-electron chi connectivity index (χ3n) is 2.81. The second kappa shape index (κ2) is 4.58. The van der Waals surface area contributed by atoms with Crippen molar-refractivity contribution < 1.29 is 24.6 Å². The zero-order chi connectivity index (χ0) is 13.3. The van der Waals surface area contributed by atoms with E-state index < -0.39 is 36.9 Å². The van der Waals surface area contributed by atoms with E-state index in [9.17, 15) is 14.4 Å². The van der Waals surface area contributed by atoms with Crippen LogP contribution in [0, 0.1) is 0 Å². The summed E-state index contributed by atoms with van der Waals surface area (Å²) in [6.07, 6.45) is -0.470. The van der Waals surface area contributed by atoms with Gasteiger partial charge in [-0.05, 0) is 12.1 Å². The van der Waals surface area contributed by atoms with Gasteiger partial charge >= 0.3 is 5.97 Å². The Bertz CT molecular complexity index is 490. The molecule has 1 unspecified atom stereocenters. The number of amides is 2. The Kier molecular flexibility index (Phi) is 3.12. The van der Waals surface area contributed by atoms with E-state index in [-0.39, 0.29) is 11.1 Å².